The van der Waals surface area contributed by atoms with E-state index in [2.05, 4.69) is 36.8 Å². The van der Waals surface area contributed by atoms with Crippen molar-refractivity contribution in [2.75, 3.05) is 7.05 Å². The summed E-state index contributed by atoms with van der Waals surface area (Å²) in [5.74, 6) is 1.82. The van der Waals surface area contributed by atoms with E-state index in [0.717, 1.165) is 16.5 Å². The second-order valence-electron chi connectivity index (χ2n) is 5.00. The summed E-state index contributed by atoms with van der Waals surface area (Å²) in [6, 6.07) is 10.1. The Morgan fingerprint density at radius 3 is 2.78 bits per heavy atom. The average Bonchev–Trinajstić information content (AvgIpc) is 3.00. The van der Waals surface area contributed by atoms with Gasteiger partial charge < -0.3 is 15.2 Å². The van der Waals surface area contributed by atoms with Crippen molar-refractivity contribution in [2.24, 2.45) is 4.99 Å². The van der Waals surface area contributed by atoms with Crippen LogP contribution in [0.25, 0.3) is 10.9 Å². The molecule has 0 saturated heterocycles. The van der Waals surface area contributed by atoms with Gasteiger partial charge >= 0.3 is 0 Å². The van der Waals surface area contributed by atoms with E-state index in [4.69, 9.17) is 4.52 Å². The fourth-order valence-corrected chi connectivity index (χ4v) is 2.28. The molecule has 0 aliphatic carbocycles. The second kappa shape index (κ2) is 6.87. The predicted molar refractivity (Wildman–Crippen MR) is 87.8 cm³/mol. The van der Waals surface area contributed by atoms with Gasteiger partial charge in [-0.25, -0.2) is 0 Å². The third kappa shape index (κ3) is 3.63. The van der Waals surface area contributed by atoms with E-state index in [-0.39, 0.29) is 0 Å². The van der Waals surface area contributed by atoms with Crippen molar-refractivity contribution in [3.05, 3.63) is 53.8 Å². The van der Waals surface area contributed by atoms with E-state index in [1.807, 2.05) is 30.5 Å². The number of nitrogens with zero attached hydrogens (tertiary/aromatic N) is 4. The first-order valence-electron chi connectivity index (χ1n) is 7.32. The van der Waals surface area contributed by atoms with E-state index in [0.29, 0.717) is 30.8 Å². The van der Waals surface area contributed by atoms with Crippen LogP contribution < -0.4 is 10.6 Å². The number of pyridine rings is 1. The van der Waals surface area contributed by atoms with Gasteiger partial charge in [0, 0.05) is 32.1 Å². The van der Waals surface area contributed by atoms with Crippen molar-refractivity contribution in [3.8, 4) is 0 Å². The number of nitrogens with one attached hydrogen (secondary N) is 2. The minimum absolute atomic E-state index is 0.452. The highest BCUT2D eigenvalue weighted by Crippen LogP contribution is 2.15. The molecule has 7 heteroatoms. The average molecular weight is 310 g/mol. The zero-order chi connectivity index (χ0) is 16.1. The van der Waals surface area contributed by atoms with Gasteiger partial charge in [0.15, 0.2) is 11.8 Å². The second-order valence-corrected chi connectivity index (χ2v) is 5.00. The Morgan fingerprint density at radius 2 is 2.00 bits per heavy atom. The number of benzene rings is 1. The molecule has 3 aromatic rings. The molecule has 0 atom stereocenters. The minimum atomic E-state index is 0.452. The molecule has 0 bridgehead atoms. The molecular weight excluding hydrogens is 292 g/mol. The Kier molecular flexibility index (Phi) is 4.46. The van der Waals surface area contributed by atoms with Gasteiger partial charge in [0.1, 0.15) is 0 Å². The number of rotatable bonds is 4. The first-order chi connectivity index (χ1) is 11.3. The molecular formula is C16H18N6O. The highest BCUT2D eigenvalue weighted by molar-refractivity contribution is 5.83. The standard InChI is InChI=1S/C16H18N6O/c1-11-21-15(22-23-11)10-20-16(17-2)19-9-12-7-8-18-14-6-4-3-5-13(12)14/h3-8H,9-10H2,1-2H3,(H2,17,19,20). The third-order valence-corrected chi connectivity index (χ3v) is 3.39. The van der Waals surface area contributed by atoms with Crippen LogP contribution in [-0.2, 0) is 13.1 Å². The Hall–Kier alpha value is -2.96. The molecule has 7 nitrogen and oxygen atoms in total. The van der Waals surface area contributed by atoms with Crippen LogP contribution in [0.4, 0.5) is 0 Å². The number of aromatic nitrogens is 3. The topological polar surface area (TPSA) is 88.2 Å². The molecule has 2 N–H and O–H groups in total. The molecule has 23 heavy (non-hydrogen) atoms. The minimum Gasteiger partial charge on any atom is -0.352 e. The summed E-state index contributed by atoms with van der Waals surface area (Å²) in [5, 5.41) is 11.4. The SMILES string of the molecule is CN=C(NCc1noc(C)n1)NCc1ccnc2ccccc12. The molecule has 0 saturated carbocycles. The van der Waals surface area contributed by atoms with Crippen molar-refractivity contribution in [1.29, 1.82) is 0 Å². The Bertz CT molecular complexity index is 821. The highest BCUT2D eigenvalue weighted by Gasteiger charge is 2.05. The number of aryl methyl sites for hydroxylation is 1. The van der Waals surface area contributed by atoms with Crippen LogP contribution in [0.3, 0.4) is 0 Å². The number of fused-ring (bicyclic) bond motifs is 1. The maximum absolute atomic E-state index is 4.94. The van der Waals surface area contributed by atoms with Gasteiger partial charge in [-0.1, -0.05) is 23.4 Å². The summed E-state index contributed by atoms with van der Waals surface area (Å²) >= 11 is 0. The quantitative estimate of drug-likeness (QED) is 0.564. The summed E-state index contributed by atoms with van der Waals surface area (Å²) in [6.07, 6.45) is 1.82. The van der Waals surface area contributed by atoms with E-state index in [1.54, 1.807) is 14.0 Å². The number of para-hydroxylation sites is 1. The fraction of sp³-hybridized carbons (Fsp3) is 0.250. The predicted octanol–water partition coefficient (Wildman–Crippen LogP) is 1.79. The van der Waals surface area contributed by atoms with Gasteiger partial charge in [-0.05, 0) is 17.7 Å². The van der Waals surface area contributed by atoms with Crippen molar-refractivity contribution in [2.45, 2.75) is 20.0 Å². The molecule has 0 aliphatic heterocycles. The van der Waals surface area contributed by atoms with Crippen LogP contribution in [-0.4, -0.2) is 28.1 Å². The van der Waals surface area contributed by atoms with Gasteiger partial charge in [0.25, 0.3) is 0 Å². The van der Waals surface area contributed by atoms with E-state index in [1.165, 1.54) is 0 Å². The van der Waals surface area contributed by atoms with Crippen LogP contribution in [0.1, 0.15) is 17.3 Å². The lowest BCUT2D eigenvalue weighted by Gasteiger charge is -2.12. The molecule has 1 aromatic carbocycles. The van der Waals surface area contributed by atoms with E-state index < -0.39 is 0 Å². The summed E-state index contributed by atoms with van der Waals surface area (Å²) in [5.41, 5.74) is 2.14. The van der Waals surface area contributed by atoms with Crippen molar-refractivity contribution in [1.82, 2.24) is 25.8 Å². The zero-order valence-electron chi connectivity index (χ0n) is 13.1. The van der Waals surface area contributed by atoms with E-state index in [9.17, 15) is 0 Å². The molecule has 0 amide bonds. The zero-order valence-corrected chi connectivity index (χ0v) is 13.1. The van der Waals surface area contributed by atoms with Crippen molar-refractivity contribution < 1.29 is 4.52 Å². The van der Waals surface area contributed by atoms with Gasteiger partial charge in [0.2, 0.25) is 5.89 Å². The molecule has 0 aliphatic rings. The maximum Gasteiger partial charge on any atom is 0.223 e. The van der Waals surface area contributed by atoms with Gasteiger partial charge in [-0.15, -0.1) is 0 Å². The molecule has 2 aromatic heterocycles. The number of hydrogen-bond donors (Lipinski definition) is 2. The van der Waals surface area contributed by atoms with Crippen LogP contribution in [0.5, 0.6) is 0 Å². The monoisotopic (exact) mass is 310 g/mol. The van der Waals surface area contributed by atoms with Gasteiger partial charge in [-0.3, -0.25) is 9.98 Å². The first-order valence-corrected chi connectivity index (χ1v) is 7.32. The Balaban J connectivity index is 1.63. The summed E-state index contributed by atoms with van der Waals surface area (Å²) < 4.78 is 4.94. The number of hydrogen-bond acceptors (Lipinski definition) is 5. The Labute approximate surface area is 133 Å². The number of guanidine groups is 1. The lowest BCUT2D eigenvalue weighted by molar-refractivity contribution is 0.387. The molecule has 3 rings (SSSR count). The van der Waals surface area contributed by atoms with Crippen LogP contribution in [0.15, 0.2) is 46.0 Å². The molecule has 118 valence electrons. The third-order valence-electron chi connectivity index (χ3n) is 3.39. The Morgan fingerprint density at radius 1 is 1.17 bits per heavy atom. The summed E-state index contributed by atoms with van der Waals surface area (Å²) in [7, 11) is 1.72. The van der Waals surface area contributed by atoms with Crippen molar-refractivity contribution in [3.63, 3.8) is 0 Å². The van der Waals surface area contributed by atoms with E-state index >= 15 is 0 Å². The van der Waals surface area contributed by atoms with Crippen LogP contribution in [0.2, 0.25) is 0 Å². The summed E-state index contributed by atoms with van der Waals surface area (Å²) in [4.78, 5) is 12.7. The van der Waals surface area contributed by atoms with Gasteiger partial charge in [0.05, 0.1) is 12.1 Å². The molecule has 0 radical (unpaired) electrons. The molecule has 0 unspecified atom stereocenters. The normalized spacial score (nSPS) is 11.7. The lowest BCUT2D eigenvalue weighted by atomic mass is 10.1. The molecule has 0 spiro atoms. The first kappa shape index (κ1) is 15.0. The van der Waals surface area contributed by atoms with Crippen LogP contribution in [0, 0.1) is 6.92 Å². The van der Waals surface area contributed by atoms with Crippen LogP contribution >= 0.6 is 0 Å². The maximum atomic E-state index is 4.94. The lowest BCUT2D eigenvalue weighted by Crippen LogP contribution is -2.36. The van der Waals surface area contributed by atoms with Gasteiger partial charge in [-0.2, -0.15) is 4.98 Å². The highest BCUT2D eigenvalue weighted by atomic mass is 16.5. The fourth-order valence-electron chi connectivity index (χ4n) is 2.28. The molecule has 0 fully saturated rings. The largest absolute Gasteiger partial charge is 0.352 e. The smallest absolute Gasteiger partial charge is 0.223 e. The molecule has 2 heterocycles. The van der Waals surface area contributed by atoms with Crippen molar-refractivity contribution >= 4 is 16.9 Å². The summed E-state index contributed by atoms with van der Waals surface area (Å²) in [6.45, 7) is 2.86. The number of aliphatic imine (C=N–C) groups is 1.